The summed E-state index contributed by atoms with van der Waals surface area (Å²) in [5, 5.41) is 7.56. The van der Waals surface area contributed by atoms with Crippen LogP contribution in [0.1, 0.15) is 35.4 Å². The maximum atomic E-state index is 7.56. The Morgan fingerprint density at radius 1 is 1.20 bits per heavy atom. The van der Waals surface area contributed by atoms with Gasteiger partial charge in [0.1, 0.15) is 0 Å². The maximum absolute atomic E-state index is 7.56. The van der Waals surface area contributed by atoms with Crippen LogP contribution in [0.4, 0.5) is 0 Å². The van der Waals surface area contributed by atoms with E-state index < -0.39 is 0 Å². The lowest BCUT2D eigenvalue weighted by Gasteiger charge is -2.22. The number of hydrogen-bond donors (Lipinski definition) is 1. The van der Waals surface area contributed by atoms with Gasteiger partial charge in [-0.1, -0.05) is 36.0 Å². The van der Waals surface area contributed by atoms with Crippen LogP contribution >= 0.6 is 11.8 Å². The van der Waals surface area contributed by atoms with Crippen LogP contribution in [-0.2, 0) is 6.42 Å². The fraction of sp³-hybridized carbons (Fsp3) is 0.278. The van der Waals surface area contributed by atoms with Crippen molar-refractivity contribution < 1.29 is 0 Å². The summed E-state index contributed by atoms with van der Waals surface area (Å²) in [7, 11) is 0. The quantitative estimate of drug-likeness (QED) is 0.767. The minimum absolute atomic E-state index is 0.330. The van der Waals surface area contributed by atoms with E-state index >= 15 is 0 Å². The van der Waals surface area contributed by atoms with Crippen molar-refractivity contribution in [2.24, 2.45) is 0 Å². The Labute approximate surface area is 124 Å². The van der Waals surface area contributed by atoms with Gasteiger partial charge in [0.15, 0.2) is 0 Å². The predicted octanol–water partition coefficient (Wildman–Crippen LogP) is 5.22. The lowest BCUT2D eigenvalue weighted by molar-refractivity contribution is 0.653. The van der Waals surface area contributed by atoms with Crippen molar-refractivity contribution in [3.05, 3.63) is 59.2 Å². The lowest BCUT2D eigenvalue weighted by atomic mass is 9.83. The van der Waals surface area contributed by atoms with Crippen molar-refractivity contribution in [3.63, 3.8) is 0 Å². The van der Waals surface area contributed by atoms with Crippen LogP contribution in [0.2, 0.25) is 0 Å². The highest BCUT2D eigenvalue weighted by Crippen LogP contribution is 2.36. The molecular formula is C18H19NS. The van der Waals surface area contributed by atoms with Crippen molar-refractivity contribution in [1.29, 1.82) is 5.41 Å². The first-order valence-corrected chi connectivity index (χ1v) is 7.96. The predicted molar refractivity (Wildman–Crippen MR) is 86.2 cm³/mol. The van der Waals surface area contributed by atoms with Gasteiger partial charge >= 0.3 is 0 Å². The molecule has 0 aliphatic heterocycles. The topological polar surface area (TPSA) is 23.9 Å². The number of hydrogen-bond acceptors (Lipinski definition) is 2. The van der Waals surface area contributed by atoms with Gasteiger partial charge in [-0.25, -0.2) is 0 Å². The average molecular weight is 281 g/mol. The van der Waals surface area contributed by atoms with E-state index in [1.165, 1.54) is 32.9 Å². The first kappa shape index (κ1) is 13.4. The third kappa shape index (κ3) is 2.66. The molecule has 0 fully saturated rings. The van der Waals surface area contributed by atoms with Gasteiger partial charge in [0, 0.05) is 21.9 Å². The van der Waals surface area contributed by atoms with Gasteiger partial charge in [-0.05, 0) is 61.1 Å². The number of benzene rings is 2. The third-order valence-corrected chi connectivity index (χ3v) is 5.17. The molecule has 0 saturated heterocycles. The molecule has 2 aromatic carbocycles. The van der Waals surface area contributed by atoms with Crippen molar-refractivity contribution in [2.75, 3.05) is 0 Å². The molecule has 0 amide bonds. The number of rotatable bonds is 3. The zero-order chi connectivity index (χ0) is 13.9. The number of aryl methyl sites for hydroxylation is 2. The minimum atomic E-state index is 0.330. The second kappa shape index (κ2) is 5.84. The Morgan fingerprint density at radius 3 is 2.85 bits per heavy atom. The largest absolute Gasteiger partial charge is 0.312 e. The van der Waals surface area contributed by atoms with Crippen LogP contribution in [0.3, 0.4) is 0 Å². The highest BCUT2D eigenvalue weighted by atomic mass is 32.2. The number of fused-ring (bicyclic) bond motifs is 1. The molecule has 0 radical (unpaired) electrons. The van der Waals surface area contributed by atoms with Crippen molar-refractivity contribution in [3.8, 4) is 0 Å². The van der Waals surface area contributed by atoms with Crippen molar-refractivity contribution in [2.45, 2.75) is 41.9 Å². The molecule has 0 spiro atoms. The molecule has 0 aromatic heterocycles. The molecule has 1 aliphatic carbocycles. The van der Waals surface area contributed by atoms with E-state index in [1.807, 2.05) is 11.8 Å². The van der Waals surface area contributed by atoms with E-state index in [9.17, 15) is 0 Å². The van der Waals surface area contributed by atoms with E-state index in [-0.39, 0.29) is 0 Å². The molecule has 20 heavy (non-hydrogen) atoms. The average Bonchev–Trinajstić information content (AvgIpc) is 2.49. The van der Waals surface area contributed by atoms with Crippen LogP contribution in [0, 0.1) is 12.3 Å². The van der Waals surface area contributed by atoms with Crippen LogP contribution < -0.4 is 0 Å². The van der Waals surface area contributed by atoms with Gasteiger partial charge in [-0.3, -0.25) is 0 Å². The standard InChI is InChI=1S/C18H19NS/c1-13-5-2-3-8-18(13)20-16-9-10-17-14(11-16)6-4-7-15(17)12-19/h2-3,5,8-12,15,19H,4,6-7H2,1H3. The Balaban J connectivity index is 1.89. The Kier molecular flexibility index (Phi) is 3.93. The molecule has 1 unspecified atom stereocenters. The molecule has 2 heteroatoms. The molecule has 2 aromatic rings. The summed E-state index contributed by atoms with van der Waals surface area (Å²) in [5.74, 6) is 0.330. The van der Waals surface area contributed by atoms with Crippen LogP contribution in [0.25, 0.3) is 0 Å². The molecule has 3 rings (SSSR count). The molecule has 0 bridgehead atoms. The summed E-state index contributed by atoms with van der Waals surface area (Å²) in [6.45, 7) is 2.16. The monoisotopic (exact) mass is 281 g/mol. The van der Waals surface area contributed by atoms with Crippen molar-refractivity contribution >= 4 is 18.0 Å². The molecule has 0 heterocycles. The Morgan fingerprint density at radius 2 is 2.05 bits per heavy atom. The van der Waals surface area contributed by atoms with Crippen LogP contribution in [0.15, 0.2) is 52.3 Å². The summed E-state index contributed by atoms with van der Waals surface area (Å²) in [4.78, 5) is 2.63. The van der Waals surface area contributed by atoms with E-state index in [0.717, 1.165) is 12.8 Å². The van der Waals surface area contributed by atoms with Gasteiger partial charge in [-0.2, -0.15) is 0 Å². The molecule has 1 N–H and O–H groups in total. The smallest absolute Gasteiger partial charge is 0.0189 e. The van der Waals surface area contributed by atoms with Crippen molar-refractivity contribution in [1.82, 2.24) is 0 Å². The molecular weight excluding hydrogens is 262 g/mol. The van der Waals surface area contributed by atoms with Gasteiger partial charge in [0.2, 0.25) is 0 Å². The number of nitrogens with one attached hydrogen (secondary N) is 1. The summed E-state index contributed by atoms with van der Waals surface area (Å²) in [6, 6.07) is 15.3. The highest BCUT2D eigenvalue weighted by Gasteiger charge is 2.18. The zero-order valence-corrected chi connectivity index (χ0v) is 12.5. The van der Waals surface area contributed by atoms with E-state index in [1.54, 1.807) is 6.21 Å². The first-order chi connectivity index (χ1) is 9.78. The van der Waals surface area contributed by atoms with Gasteiger partial charge in [0.25, 0.3) is 0 Å². The van der Waals surface area contributed by atoms with Crippen LogP contribution in [0.5, 0.6) is 0 Å². The minimum Gasteiger partial charge on any atom is -0.312 e. The highest BCUT2D eigenvalue weighted by molar-refractivity contribution is 7.99. The third-order valence-electron chi connectivity index (χ3n) is 4.00. The summed E-state index contributed by atoms with van der Waals surface area (Å²) >= 11 is 1.84. The van der Waals surface area contributed by atoms with E-state index in [2.05, 4.69) is 49.4 Å². The molecule has 1 aliphatic rings. The molecule has 1 nitrogen and oxygen atoms in total. The SMILES string of the molecule is Cc1ccccc1Sc1ccc2c(c1)CCCC2C=N. The second-order valence-corrected chi connectivity index (χ2v) is 6.51. The maximum Gasteiger partial charge on any atom is 0.0189 e. The first-order valence-electron chi connectivity index (χ1n) is 7.15. The summed E-state index contributed by atoms with van der Waals surface area (Å²) in [6.07, 6.45) is 5.08. The molecule has 102 valence electrons. The second-order valence-electron chi connectivity index (χ2n) is 5.39. The Bertz CT molecular complexity index is 633. The van der Waals surface area contributed by atoms with Gasteiger partial charge in [-0.15, -0.1) is 0 Å². The summed E-state index contributed by atoms with van der Waals surface area (Å²) < 4.78 is 0. The van der Waals surface area contributed by atoms with Crippen LogP contribution in [-0.4, -0.2) is 6.21 Å². The summed E-state index contributed by atoms with van der Waals surface area (Å²) in [5.41, 5.74) is 4.12. The Hall–Kier alpha value is -1.54. The van der Waals surface area contributed by atoms with Gasteiger partial charge < -0.3 is 5.41 Å². The fourth-order valence-electron chi connectivity index (χ4n) is 2.86. The van der Waals surface area contributed by atoms with Gasteiger partial charge in [0.05, 0.1) is 0 Å². The van der Waals surface area contributed by atoms with E-state index in [0.29, 0.717) is 5.92 Å². The molecule has 0 saturated carbocycles. The molecule has 1 atom stereocenters. The lowest BCUT2D eigenvalue weighted by Crippen LogP contribution is -2.10. The van der Waals surface area contributed by atoms with E-state index in [4.69, 9.17) is 5.41 Å². The fourth-order valence-corrected chi connectivity index (χ4v) is 3.83. The normalized spacial score (nSPS) is 17.6. The zero-order valence-electron chi connectivity index (χ0n) is 11.7.